The Kier molecular flexibility index (Phi) is 6.75. The molecule has 0 radical (unpaired) electrons. The van der Waals surface area contributed by atoms with E-state index in [4.69, 9.17) is 11.6 Å². The van der Waals surface area contributed by atoms with E-state index < -0.39 is 41.4 Å². The summed E-state index contributed by atoms with van der Waals surface area (Å²) in [7, 11) is 0. The van der Waals surface area contributed by atoms with Crippen molar-refractivity contribution in [3.8, 4) is 0 Å². The zero-order chi connectivity index (χ0) is 25.4. The van der Waals surface area contributed by atoms with Gasteiger partial charge in [-0.2, -0.15) is 0 Å². The van der Waals surface area contributed by atoms with Crippen LogP contribution in [0.4, 0.5) is 19.3 Å². The lowest BCUT2D eigenvalue weighted by atomic mass is 10.0. The first-order valence-corrected chi connectivity index (χ1v) is 11.4. The molecule has 2 aromatic carbocycles. The average molecular weight is 505 g/mol. The highest BCUT2D eigenvalue weighted by molar-refractivity contribution is 6.31. The molecule has 2 aliphatic heterocycles. The second-order valence-corrected chi connectivity index (χ2v) is 9.26. The summed E-state index contributed by atoms with van der Waals surface area (Å²) in [4.78, 5) is 50.1. The summed E-state index contributed by atoms with van der Waals surface area (Å²) < 4.78 is 29.5. The molecule has 2 aromatic rings. The van der Waals surface area contributed by atoms with E-state index >= 15 is 0 Å². The van der Waals surface area contributed by atoms with E-state index in [-0.39, 0.29) is 53.7 Å². The summed E-state index contributed by atoms with van der Waals surface area (Å²) in [5.41, 5.74) is 0.815. The molecular formula is C24H23ClF2N4O4. The lowest BCUT2D eigenvalue weighted by molar-refractivity contribution is -0.136. The van der Waals surface area contributed by atoms with Gasteiger partial charge in [-0.25, -0.2) is 13.6 Å². The Hall–Kier alpha value is -3.53. The van der Waals surface area contributed by atoms with Crippen molar-refractivity contribution >= 4 is 41.0 Å². The van der Waals surface area contributed by atoms with Gasteiger partial charge < -0.3 is 15.5 Å². The molecule has 5 amide bonds. The Balaban J connectivity index is 1.45. The molecule has 1 unspecified atom stereocenters. The molecule has 1 fully saturated rings. The van der Waals surface area contributed by atoms with E-state index in [0.717, 1.165) is 0 Å². The smallest absolute Gasteiger partial charge is 0.319 e. The van der Waals surface area contributed by atoms with Gasteiger partial charge in [0.2, 0.25) is 11.8 Å². The monoisotopic (exact) mass is 504 g/mol. The largest absolute Gasteiger partial charge is 0.334 e. The van der Waals surface area contributed by atoms with Crippen molar-refractivity contribution in [3.05, 3.63) is 63.2 Å². The molecule has 0 aliphatic carbocycles. The highest BCUT2D eigenvalue weighted by Gasteiger charge is 2.40. The number of piperidine rings is 1. The topological polar surface area (TPSA) is 108 Å². The summed E-state index contributed by atoms with van der Waals surface area (Å²) in [6.45, 7) is 3.36. The maximum absolute atomic E-state index is 14.8. The van der Waals surface area contributed by atoms with E-state index in [2.05, 4.69) is 16.0 Å². The number of nitrogens with one attached hydrogen (secondary N) is 3. The van der Waals surface area contributed by atoms with Crippen LogP contribution in [-0.4, -0.2) is 34.7 Å². The predicted octanol–water partition coefficient (Wildman–Crippen LogP) is 3.82. The van der Waals surface area contributed by atoms with Gasteiger partial charge in [-0.1, -0.05) is 25.4 Å². The lowest BCUT2D eigenvalue weighted by Gasteiger charge is -2.29. The number of anilines is 1. The number of carbonyl (C=O) groups excluding carboxylic acids is 4. The molecule has 11 heteroatoms. The van der Waals surface area contributed by atoms with Gasteiger partial charge >= 0.3 is 6.03 Å². The SMILES string of the molecule is CC(C)c1cc(Cl)cc(NC(=O)NCc2cc(F)c3c(c2)C(=O)N(C2CCC(=O)NC2=O)C3)c1F. The van der Waals surface area contributed by atoms with Crippen molar-refractivity contribution in [1.82, 2.24) is 15.5 Å². The van der Waals surface area contributed by atoms with Crippen molar-refractivity contribution in [2.45, 2.75) is 51.7 Å². The molecule has 0 spiro atoms. The second-order valence-electron chi connectivity index (χ2n) is 8.82. The Bertz CT molecular complexity index is 1250. The van der Waals surface area contributed by atoms with Gasteiger partial charge in [-0.05, 0) is 47.7 Å². The number of amides is 5. The number of hydrogen-bond donors (Lipinski definition) is 3. The molecule has 8 nitrogen and oxygen atoms in total. The van der Waals surface area contributed by atoms with Crippen LogP contribution in [0, 0.1) is 11.6 Å². The zero-order valence-electron chi connectivity index (χ0n) is 19.0. The van der Waals surface area contributed by atoms with Gasteiger partial charge in [0.15, 0.2) is 0 Å². The zero-order valence-corrected chi connectivity index (χ0v) is 19.8. The summed E-state index contributed by atoms with van der Waals surface area (Å²) in [5, 5.41) is 7.37. The van der Waals surface area contributed by atoms with E-state index in [0.29, 0.717) is 11.1 Å². The number of fused-ring (bicyclic) bond motifs is 1. The fraction of sp³-hybridized carbons (Fsp3) is 0.333. The summed E-state index contributed by atoms with van der Waals surface area (Å²) >= 11 is 6.03. The molecule has 3 N–H and O–H groups in total. The molecule has 184 valence electrons. The van der Waals surface area contributed by atoms with Crippen molar-refractivity contribution in [2.75, 3.05) is 5.32 Å². The molecule has 0 aromatic heterocycles. The minimum absolute atomic E-state index is 0.0890. The first-order chi connectivity index (χ1) is 16.5. The van der Waals surface area contributed by atoms with Crippen LogP contribution in [-0.2, 0) is 22.7 Å². The number of nitrogens with zero attached hydrogens (tertiary/aromatic N) is 1. The van der Waals surface area contributed by atoms with Crippen LogP contribution < -0.4 is 16.0 Å². The lowest BCUT2D eigenvalue weighted by Crippen LogP contribution is -2.52. The van der Waals surface area contributed by atoms with Crippen molar-refractivity contribution < 1.29 is 28.0 Å². The highest BCUT2D eigenvalue weighted by atomic mass is 35.5. The van der Waals surface area contributed by atoms with Crippen LogP contribution in [0.3, 0.4) is 0 Å². The van der Waals surface area contributed by atoms with Gasteiger partial charge in [0.1, 0.15) is 17.7 Å². The first kappa shape index (κ1) is 24.6. The van der Waals surface area contributed by atoms with E-state index in [9.17, 15) is 28.0 Å². The summed E-state index contributed by atoms with van der Waals surface area (Å²) in [6.07, 6.45) is 0.258. The number of urea groups is 1. The average Bonchev–Trinajstić information content (AvgIpc) is 3.11. The van der Waals surface area contributed by atoms with Crippen LogP contribution in [0.1, 0.15) is 59.7 Å². The normalized spacial score (nSPS) is 17.5. The predicted molar refractivity (Wildman–Crippen MR) is 124 cm³/mol. The van der Waals surface area contributed by atoms with Gasteiger partial charge in [0.05, 0.1) is 12.2 Å². The van der Waals surface area contributed by atoms with E-state index in [1.165, 1.54) is 29.2 Å². The van der Waals surface area contributed by atoms with Crippen LogP contribution in [0.2, 0.25) is 5.02 Å². The second kappa shape index (κ2) is 9.61. The maximum atomic E-state index is 14.8. The van der Waals surface area contributed by atoms with Gasteiger partial charge in [0, 0.05) is 29.1 Å². The number of halogens is 3. The maximum Gasteiger partial charge on any atom is 0.319 e. The molecular weight excluding hydrogens is 482 g/mol. The third-order valence-electron chi connectivity index (χ3n) is 6.05. The minimum Gasteiger partial charge on any atom is -0.334 e. The summed E-state index contributed by atoms with van der Waals surface area (Å²) in [5.74, 6) is -2.92. The molecule has 2 heterocycles. The van der Waals surface area contributed by atoms with Crippen molar-refractivity contribution in [1.29, 1.82) is 0 Å². The standard InChI is InChI=1S/C24H23ClF2N4O4/c1-11(2)14-7-13(25)8-18(21(14)27)29-24(35)28-9-12-5-15-16(17(26)6-12)10-31(23(15)34)19-3-4-20(32)30-22(19)33/h5-8,11,19H,3-4,9-10H2,1-2H3,(H2,28,29,35)(H,30,32,33). The highest BCUT2D eigenvalue weighted by Crippen LogP contribution is 2.31. The third kappa shape index (κ3) is 4.97. The molecule has 0 bridgehead atoms. The molecule has 1 saturated heterocycles. The Morgan fingerprint density at radius 1 is 1.20 bits per heavy atom. The number of carbonyl (C=O) groups is 4. The number of hydrogen-bond acceptors (Lipinski definition) is 4. The van der Waals surface area contributed by atoms with Crippen LogP contribution in [0.15, 0.2) is 24.3 Å². The Morgan fingerprint density at radius 3 is 2.63 bits per heavy atom. The molecule has 4 rings (SSSR count). The Labute approximate surface area is 205 Å². The molecule has 1 atom stereocenters. The van der Waals surface area contributed by atoms with Crippen molar-refractivity contribution in [2.24, 2.45) is 0 Å². The van der Waals surface area contributed by atoms with Gasteiger partial charge in [-0.15, -0.1) is 0 Å². The fourth-order valence-corrected chi connectivity index (χ4v) is 4.47. The van der Waals surface area contributed by atoms with Crippen LogP contribution in [0.25, 0.3) is 0 Å². The molecule has 2 aliphatic rings. The Morgan fingerprint density at radius 2 is 1.94 bits per heavy atom. The summed E-state index contributed by atoms with van der Waals surface area (Å²) in [6, 6.07) is 3.83. The fourth-order valence-electron chi connectivity index (χ4n) is 4.24. The van der Waals surface area contributed by atoms with Crippen LogP contribution in [0.5, 0.6) is 0 Å². The van der Waals surface area contributed by atoms with E-state index in [1.807, 2.05) is 0 Å². The minimum atomic E-state index is -0.859. The molecule has 35 heavy (non-hydrogen) atoms. The number of imide groups is 1. The molecule has 0 saturated carbocycles. The van der Waals surface area contributed by atoms with Gasteiger partial charge in [-0.3, -0.25) is 19.7 Å². The number of rotatable bonds is 5. The van der Waals surface area contributed by atoms with Crippen LogP contribution >= 0.6 is 11.6 Å². The van der Waals surface area contributed by atoms with Gasteiger partial charge in [0.25, 0.3) is 5.91 Å². The third-order valence-corrected chi connectivity index (χ3v) is 6.27. The first-order valence-electron chi connectivity index (χ1n) is 11.0. The van der Waals surface area contributed by atoms with E-state index in [1.54, 1.807) is 13.8 Å². The number of benzene rings is 2. The quantitative estimate of drug-likeness (QED) is 0.538. The van der Waals surface area contributed by atoms with Crippen molar-refractivity contribution in [3.63, 3.8) is 0 Å².